The molecule has 0 unspecified atom stereocenters. The van der Waals surface area contributed by atoms with E-state index in [-0.39, 0.29) is 24.0 Å². The number of aryl methyl sites for hydroxylation is 2. The molecule has 6 nitrogen and oxygen atoms in total. The molecule has 0 atom stereocenters. The number of hydrogen-bond donors (Lipinski definition) is 2. The molecule has 0 aliphatic carbocycles. The highest BCUT2D eigenvalue weighted by Crippen LogP contribution is 2.20. The van der Waals surface area contributed by atoms with Gasteiger partial charge in [0.1, 0.15) is 5.75 Å². The Bertz CT molecular complexity index is 699. The zero-order chi connectivity index (χ0) is 18.1. The summed E-state index contributed by atoms with van der Waals surface area (Å²) in [7, 11) is 1.71. The molecular formula is C19H30IN5O. The van der Waals surface area contributed by atoms with E-state index in [0.29, 0.717) is 6.54 Å². The van der Waals surface area contributed by atoms with Crippen LogP contribution in [0.25, 0.3) is 0 Å². The van der Waals surface area contributed by atoms with E-state index in [1.807, 2.05) is 30.1 Å². The van der Waals surface area contributed by atoms with Crippen LogP contribution in [0.5, 0.6) is 5.75 Å². The van der Waals surface area contributed by atoms with Gasteiger partial charge in [0, 0.05) is 25.8 Å². The average Bonchev–Trinajstić information content (AvgIpc) is 3.00. The minimum atomic E-state index is 0. The van der Waals surface area contributed by atoms with Crippen LogP contribution >= 0.6 is 24.0 Å². The summed E-state index contributed by atoms with van der Waals surface area (Å²) in [5.41, 5.74) is 3.60. The molecule has 144 valence electrons. The number of benzene rings is 1. The number of aliphatic imine (C=N–C) groups is 1. The molecule has 7 heteroatoms. The Morgan fingerprint density at radius 3 is 2.69 bits per heavy atom. The Morgan fingerprint density at radius 2 is 2.04 bits per heavy atom. The van der Waals surface area contributed by atoms with E-state index < -0.39 is 0 Å². The molecule has 0 saturated carbocycles. The third-order valence-corrected chi connectivity index (χ3v) is 3.83. The van der Waals surface area contributed by atoms with Gasteiger partial charge < -0.3 is 15.4 Å². The van der Waals surface area contributed by atoms with Crippen molar-refractivity contribution in [3.63, 3.8) is 0 Å². The molecule has 0 bridgehead atoms. The van der Waals surface area contributed by atoms with Crippen molar-refractivity contribution >= 4 is 29.9 Å². The zero-order valence-corrected chi connectivity index (χ0v) is 18.4. The maximum Gasteiger partial charge on any atom is 0.191 e. The summed E-state index contributed by atoms with van der Waals surface area (Å²) in [4.78, 5) is 4.66. The second-order valence-electron chi connectivity index (χ2n) is 6.03. The number of nitrogens with one attached hydrogen (secondary N) is 2. The lowest BCUT2D eigenvalue weighted by Gasteiger charge is -2.12. The maximum absolute atomic E-state index is 5.43. The van der Waals surface area contributed by atoms with Crippen LogP contribution in [0.4, 0.5) is 0 Å². The first kappa shape index (κ1) is 22.3. The van der Waals surface area contributed by atoms with Gasteiger partial charge in [-0.25, -0.2) is 0 Å². The van der Waals surface area contributed by atoms with Crippen molar-refractivity contribution in [1.82, 2.24) is 20.4 Å². The lowest BCUT2D eigenvalue weighted by atomic mass is 10.1. The van der Waals surface area contributed by atoms with Gasteiger partial charge in [-0.1, -0.05) is 17.7 Å². The summed E-state index contributed by atoms with van der Waals surface area (Å²) >= 11 is 0. The molecule has 2 aromatic rings. The summed E-state index contributed by atoms with van der Waals surface area (Å²) in [5, 5.41) is 10.9. The molecule has 0 spiro atoms. The van der Waals surface area contributed by atoms with Gasteiger partial charge in [0.15, 0.2) is 5.96 Å². The van der Waals surface area contributed by atoms with Crippen molar-refractivity contribution in [2.24, 2.45) is 4.99 Å². The third-order valence-electron chi connectivity index (χ3n) is 3.83. The van der Waals surface area contributed by atoms with Gasteiger partial charge in [0.25, 0.3) is 0 Å². The van der Waals surface area contributed by atoms with Gasteiger partial charge in [0.05, 0.1) is 19.9 Å². The fourth-order valence-corrected chi connectivity index (χ4v) is 2.61. The van der Waals surface area contributed by atoms with Gasteiger partial charge in [-0.2, -0.15) is 5.10 Å². The summed E-state index contributed by atoms with van der Waals surface area (Å²) in [6.07, 6.45) is 4.75. The molecule has 0 amide bonds. The molecule has 0 fully saturated rings. The lowest BCUT2D eigenvalue weighted by molar-refractivity contribution is 0.409. The van der Waals surface area contributed by atoms with Crippen molar-refractivity contribution in [2.45, 2.75) is 33.7 Å². The fourth-order valence-electron chi connectivity index (χ4n) is 2.61. The molecule has 1 heterocycles. The van der Waals surface area contributed by atoms with E-state index in [9.17, 15) is 0 Å². The van der Waals surface area contributed by atoms with Crippen LogP contribution in [0.15, 0.2) is 35.6 Å². The van der Waals surface area contributed by atoms with Crippen molar-refractivity contribution in [1.29, 1.82) is 0 Å². The average molecular weight is 471 g/mol. The number of ether oxygens (including phenoxy) is 1. The van der Waals surface area contributed by atoms with E-state index in [2.05, 4.69) is 46.7 Å². The highest BCUT2D eigenvalue weighted by Gasteiger charge is 2.03. The Balaban J connectivity index is 0.00000338. The second-order valence-corrected chi connectivity index (χ2v) is 6.03. The summed E-state index contributed by atoms with van der Waals surface area (Å²) in [6.45, 7) is 9.33. The Kier molecular flexibility index (Phi) is 10.1. The van der Waals surface area contributed by atoms with E-state index >= 15 is 0 Å². The molecule has 2 rings (SSSR count). The smallest absolute Gasteiger partial charge is 0.191 e. The molecular weight excluding hydrogens is 441 g/mol. The number of hydrogen-bond acceptors (Lipinski definition) is 3. The second kappa shape index (κ2) is 11.8. The first-order valence-corrected chi connectivity index (χ1v) is 8.77. The largest absolute Gasteiger partial charge is 0.496 e. The normalized spacial score (nSPS) is 11.0. The summed E-state index contributed by atoms with van der Waals surface area (Å²) in [5.74, 6) is 1.76. The first-order valence-electron chi connectivity index (χ1n) is 8.77. The van der Waals surface area contributed by atoms with E-state index in [1.165, 1.54) is 16.7 Å². The number of halogens is 1. The topological polar surface area (TPSA) is 63.5 Å². The van der Waals surface area contributed by atoms with Crippen molar-refractivity contribution in [3.8, 4) is 5.75 Å². The highest BCUT2D eigenvalue weighted by molar-refractivity contribution is 14.0. The number of rotatable bonds is 8. The molecule has 1 aromatic heterocycles. The van der Waals surface area contributed by atoms with Crippen LogP contribution in [-0.2, 0) is 13.0 Å². The summed E-state index contributed by atoms with van der Waals surface area (Å²) < 4.78 is 7.37. The molecule has 2 N–H and O–H groups in total. The van der Waals surface area contributed by atoms with Crippen molar-refractivity contribution in [2.75, 3.05) is 26.7 Å². The summed E-state index contributed by atoms with van der Waals surface area (Å²) in [6, 6.07) is 6.24. The van der Waals surface area contributed by atoms with Crippen molar-refractivity contribution < 1.29 is 4.74 Å². The monoisotopic (exact) mass is 471 g/mol. The fraction of sp³-hybridized carbons (Fsp3) is 0.474. The molecule has 0 saturated heterocycles. The van der Waals surface area contributed by atoms with Gasteiger partial charge in [-0.15, -0.1) is 24.0 Å². The number of methoxy groups -OCH3 is 1. The first-order chi connectivity index (χ1) is 12.1. The third kappa shape index (κ3) is 7.23. The lowest BCUT2D eigenvalue weighted by Crippen LogP contribution is -2.39. The number of guanidine groups is 1. The Morgan fingerprint density at radius 1 is 1.23 bits per heavy atom. The van der Waals surface area contributed by atoms with Crippen LogP contribution < -0.4 is 15.4 Å². The van der Waals surface area contributed by atoms with E-state index in [4.69, 9.17) is 4.74 Å². The van der Waals surface area contributed by atoms with Gasteiger partial charge in [-0.05, 0) is 44.4 Å². The predicted molar refractivity (Wildman–Crippen MR) is 118 cm³/mol. The van der Waals surface area contributed by atoms with Crippen LogP contribution in [0.3, 0.4) is 0 Å². The Hall–Kier alpha value is -1.77. The van der Waals surface area contributed by atoms with Crippen LogP contribution in [0.2, 0.25) is 0 Å². The highest BCUT2D eigenvalue weighted by atomic mass is 127. The molecule has 26 heavy (non-hydrogen) atoms. The minimum absolute atomic E-state index is 0. The van der Waals surface area contributed by atoms with Crippen LogP contribution in [-0.4, -0.2) is 42.5 Å². The SMILES string of the molecule is CCNC(=NCCc1cc(C)ccc1OC)NCCn1cc(C)cn1.I. The molecule has 1 aromatic carbocycles. The van der Waals surface area contributed by atoms with Gasteiger partial charge in [0.2, 0.25) is 0 Å². The van der Waals surface area contributed by atoms with Crippen LogP contribution in [0.1, 0.15) is 23.6 Å². The Labute approximate surface area is 173 Å². The quantitative estimate of drug-likeness (QED) is 0.353. The minimum Gasteiger partial charge on any atom is -0.496 e. The van der Waals surface area contributed by atoms with E-state index in [1.54, 1.807) is 7.11 Å². The number of aromatic nitrogens is 2. The zero-order valence-electron chi connectivity index (χ0n) is 16.1. The molecule has 0 aliphatic rings. The van der Waals surface area contributed by atoms with Crippen LogP contribution in [0, 0.1) is 13.8 Å². The van der Waals surface area contributed by atoms with Crippen molar-refractivity contribution in [3.05, 3.63) is 47.3 Å². The molecule has 0 radical (unpaired) electrons. The van der Waals surface area contributed by atoms with E-state index in [0.717, 1.165) is 37.8 Å². The number of nitrogens with zero attached hydrogens (tertiary/aromatic N) is 3. The standard InChI is InChI=1S/C19H29N5O.HI/c1-5-20-19(22-10-11-24-14-16(3)13-23-24)21-9-8-17-12-15(2)6-7-18(17)25-4;/h6-7,12-14H,5,8-11H2,1-4H3,(H2,20,21,22);1H. The van der Waals surface area contributed by atoms with Gasteiger partial charge in [-0.3, -0.25) is 9.67 Å². The molecule has 0 aliphatic heterocycles. The maximum atomic E-state index is 5.43. The predicted octanol–water partition coefficient (Wildman–Crippen LogP) is 2.92. The van der Waals surface area contributed by atoms with Gasteiger partial charge >= 0.3 is 0 Å².